The predicted octanol–water partition coefficient (Wildman–Crippen LogP) is 0.305. The van der Waals surface area contributed by atoms with E-state index in [9.17, 15) is 13.2 Å². The number of benzene rings is 1. The van der Waals surface area contributed by atoms with Crippen LogP contribution >= 0.6 is 0 Å². The molecule has 0 fully saturated rings. The molecule has 0 saturated heterocycles. The van der Waals surface area contributed by atoms with E-state index in [-0.39, 0.29) is 17.9 Å². The van der Waals surface area contributed by atoms with Gasteiger partial charge in [0, 0.05) is 5.56 Å². The Hall–Kier alpha value is -2.04. The van der Waals surface area contributed by atoms with Crippen LogP contribution in [-0.4, -0.2) is 32.5 Å². The molecule has 0 radical (unpaired) electrons. The number of carbonyl (C=O) groups is 1. The third-order valence-corrected chi connectivity index (χ3v) is 2.93. The van der Waals surface area contributed by atoms with Gasteiger partial charge >= 0.3 is 0 Å². The monoisotopic (exact) mass is 269 g/mol. The molecule has 0 aromatic heterocycles. The summed E-state index contributed by atoms with van der Waals surface area (Å²) in [6.45, 7) is 0.0199. The lowest BCUT2D eigenvalue weighted by Gasteiger charge is -2.08. The number of terminal acetylenes is 1. The summed E-state index contributed by atoms with van der Waals surface area (Å²) < 4.78 is 36.0. The molecule has 0 aliphatic rings. The van der Waals surface area contributed by atoms with Crippen LogP contribution in [0.5, 0.6) is 5.75 Å². The minimum absolute atomic E-state index is 0.0199. The van der Waals surface area contributed by atoms with Crippen molar-refractivity contribution in [1.29, 1.82) is 0 Å². The van der Waals surface area contributed by atoms with Gasteiger partial charge in [-0.1, -0.05) is 5.92 Å². The summed E-state index contributed by atoms with van der Waals surface area (Å²) in [5.74, 6) is 1.62. The second-order valence-electron chi connectivity index (χ2n) is 3.23. The number of methoxy groups -OCH3 is 1. The Morgan fingerprint density at radius 3 is 2.72 bits per heavy atom. The lowest BCUT2D eigenvalue weighted by molar-refractivity contribution is 0.0958. The standard InChI is InChI=1S/C11H11NO5S/c1-3-6-12-11(13)8-4-5-9(17-2)10(7-8)18(14,15)16/h1,4-5,7H,6H2,2H3,(H,12,13)(H,14,15,16). The van der Waals surface area contributed by atoms with E-state index in [1.165, 1.54) is 19.2 Å². The van der Waals surface area contributed by atoms with Crippen molar-refractivity contribution in [3.8, 4) is 18.1 Å². The van der Waals surface area contributed by atoms with Crippen LogP contribution in [0.2, 0.25) is 0 Å². The maximum atomic E-state index is 11.6. The SMILES string of the molecule is C#CCNC(=O)c1ccc(OC)c(S(=O)(=O)O)c1. The highest BCUT2D eigenvalue weighted by Gasteiger charge is 2.18. The minimum Gasteiger partial charge on any atom is -0.495 e. The Kier molecular flexibility index (Phi) is 4.31. The fraction of sp³-hybridized carbons (Fsp3) is 0.182. The molecule has 0 spiro atoms. The quantitative estimate of drug-likeness (QED) is 0.606. The number of hydrogen-bond donors (Lipinski definition) is 2. The first-order valence-corrected chi connectivity index (χ1v) is 6.21. The number of hydrogen-bond acceptors (Lipinski definition) is 4. The summed E-state index contributed by atoms with van der Waals surface area (Å²) in [7, 11) is -3.22. The van der Waals surface area contributed by atoms with Gasteiger partial charge in [0.25, 0.3) is 16.0 Å². The normalized spacial score (nSPS) is 10.5. The number of ether oxygens (including phenoxy) is 1. The number of nitrogens with one attached hydrogen (secondary N) is 1. The lowest BCUT2D eigenvalue weighted by Crippen LogP contribution is -2.23. The second-order valence-corrected chi connectivity index (χ2v) is 4.62. The van der Waals surface area contributed by atoms with Crippen LogP contribution < -0.4 is 10.1 Å². The lowest BCUT2D eigenvalue weighted by atomic mass is 10.2. The molecule has 2 N–H and O–H groups in total. The summed E-state index contributed by atoms with van der Waals surface area (Å²) in [5, 5.41) is 2.37. The van der Waals surface area contributed by atoms with Gasteiger partial charge in [-0.2, -0.15) is 8.42 Å². The molecule has 6 nitrogen and oxygen atoms in total. The highest BCUT2D eigenvalue weighted by Crippen LogP contribution is 2.24. The van der Waals surface area contributed by atoms with E-state index in [1.54, 1.807) is 0 Å². The van der Waals surface area contributed by atoms with Crippen LogP contribution in [0.25, 0.3) is 0 Å². The molecule has 0 unspecified atom stereocenters. The van der Waals surface area contributed by atoms with Crippen molar-refractivity contribution >= 4 is 16.0 Å². The summed E-state index contributed by atoms with van der Waals surface area (Å²) in [5.41, 5.74) is 0.0543. The summed E-state index contributed by atoms with van der Waals surface area (Å²) in [4.78, 5) is 11.1. The van der Waals surface area contributed by atoms with Gasteiger partial charge in [0.1, 0.15) is 10.6 Å². The molecule has 1 amide bonds. The average molecular weight is 269 g/mol. The number of rotatable bonds is 4. The van der Waals surface area contributed by atoms with Gasteiger partial charge < -0.3 is 10.1 Å². The topological polar surface area (TPSA) is 92.7 Å². The van der Waals surface area contributed by atoms with Gasteiger partial charge in [0.05, 0.1) is 13.7 Å². The van der Waals surface area contributed by atoms with Gasteiger partial charge in [-0.3, -0.25) is 9.35 Å². The molecule has 7 heteroatoms. The molecular formula is C11H11NO5S. The van der Waals surface area contributed by atoms with Crippen molar-refractivity contribution in [2.75, 3.05) is 13.7 Å². The first-order valence-electron chi connectivity index (χ1n) is 4.77. The fourth-order valence-electron chi connectivity index (χ4n) is 1.25. The summed E-state index contributed by atoms with van der Waals surface area (Å²) in [6.07, 6.45) is 4.98. The Labute approximate surface area is 105 Å². The second kappa shape index (κ2) is 5.53. The smallest absolute Gasteiger partial charge is 0.298 e. The molecule has 0 saturated carbocycles. The van der Waals surface area contributed by atoms with E-state index in [1.807, 2.05) is 0 Å². The van der Waals surface area contributed by atoms with Crippen molar-refractivity contribution in [2.45, 2.75) is 4.90 Å². The highest BCUT2D eigenvalue weighted by molar-refractivity contribution is 7.86. The zero-order chi connectivity index (χ0) is 13.8. The largest absolute Gasteiger partial charge is 0.495 e. The Balaban J connectivity index is 3.20. The van der Waals surface area contributed by atoms with Gasteiger partial charge in [0.15, 0.2) is 0 Å². The molecular weight excluding hydrogens is 258 g/mol. The molecule has 0 heterocycles. The van der Waals surface area contributed by atoms with Gasteiger partial charge in [0.2, 0.25) is 0 Å². The van der Waals surface area contributed by atoms with Crippen LogP contribution in [0.3, 0.4) is 0 Å². The maximum Gasteiger partial charge on any atom is 0.298 e. The van der Waals surface area contributed by atoms with Gasteiger partial charge in [-0.05, 0) is 18.2 Å². The van der Waals surface area contributed by atoms with Crippen molar-refractivity contribution < 1.29 is 22.5 Å². The predicted molar refractivity (Wildman–Crippen MR) is 64.0 cm³/mol. The molecule has 1 rings (SSSR count). The average Bonchev–Trinajstić information content (AvgIpc) is 2.34. The molecule has 18 heavy (non-hydrogen) atoms. The van der Waals surface area contributed by atoms with Crippen molar-refractivity contribution in [3.63, 3.8) is 0 Å². The van der Waals surface area contributed by atoms with Crippen LogP contribution in [0.4, 0.5) is 0 Å². The van der Waals surface area contributed by atoms with Gasteiger partial charge in [-0.25, -0.2) is 0 Å². The first-order chi connectivity index (χ1) is 8.40. The number of amides is 1. The molecule has 1 aromatic carbocycles. The van der Waals surface area contributed by atoms with E-state index < -0.39 is 20.9 Å². The Bertz CT molecular complexity index is 600. The van der Waals surface area contributed by atoms with Crippen molar-refractivity contribution in [3.05, 3.63) is 23.8 Å². The third-order valence-electron chi connectivity index (χ3n) is 2.05. The highest BCUT2D eigenvalue weighted by atomic mass is 32.2. The van der Waals surface area contributed by atoms with E-state index in [0.29, 0.717) is 0 Å². The number of carbonyl (C=O) groups excluding carboxylic acids is 1. The van der Waals surface area contributed by atoms with Crippen molar-refractivity contribution in [1.82, 2.24) is 5.32 Å². The maximum absolute atomic E-state index is 11.6. The Morgan fingerprint density at radius 2 is 2.22 bits per heavy atom. The minimum atomic E-state index is -4.47. The molecule has 1 aromatic rings. The first kappa shape index (κ1) is 14.0. The van der Waals surface area contributed by atoms with Crippen LogP contribution in [0, 0.1) is 12.3 Å². The van der Waals surface area contributed by atoms with E-state index >= 15 is 0 Å². The Morgan fingerprint density at radius 1 is 1.56 bits per heavy atom. The molecule has 0 aliphatic carbocycles. The van der Waals surface area contributed by atoms with Crippen LogP contribution in [-0.2, 0) is 10.1 Å². The molecule has 96 valence electrons. The van der Waals surface area contributed by atoms with Gasteiger partial charge in [-0.15, -0.1) is 6.42 Å². The molecule has 0 atom stereocenters. The van der Waals surface area contributed by atoms with Crippen LogP contribution in [0.1, 0.15) is 10.4 Å². The zero-order valence-corrected chi connectivity index (χ0v) is 10.3. The summed E-state index contributed by atoms with van der Waals surface area (Å²) in [6, 6.07) is 3.65. The third kappa shape index (κ3) is 3.23. The van der Waals surface area contributed by atoms with Crippen molar-refractivity contribution in [2.24, 2.45) is 0 Å². The molecule has 0 aliphatic heterocycles. The fourth-order valence-corrected chi connectivity index (χ4v) is 1.93. The summed E-state index contributed by atoms with van der Waals surface area (Å²) >= 11 is 0. The van der Waals surface area contributed by atoms with E-state index in [0.717, 1.165) is 6.07 Å². The van der Waals surface area contributed by atoms with Crippen LogP contribution in [0.15, 0.2) is 23.1 Å². The van der Waals surface area contributed by atoms with E-state index in [2.05, 4.69) is 11.2 Å². The zero-order valence-electron chi connectivity index (χ0n) is 9.50. The molecule has 0 bridgehead atoms. The van der Waals surface area contributed by atoms with E-state index in [4.69, 9.17) is 15.7 Å².